The molecular weight excluding hydrogens is 308 g/mol. The molecule has 0 aliphatic carbocycles. The summed E-state index contributed by atoms with van der Waals surface area (Å²) in [5.41, 5.74) is 0. The van der Waals surface area contributed by atoms with Gasteiger partial charge in [0.2, 0.25) is 10.0 Å². The molecule has 122 valence electrons. The molecule has 0 aliphatic rings. The molecule has 5 nitrogen and oxygen atoms in total. The Morgan fingerprint density at radius 2 is 2.10 bits per heavy atom. The summed E-state index contributed by atoms with van der Waals surface area (Å²) in [6.45, 7) is 8.51. The summed E-state index contributed by atoms with van der Waals surface area (Å²) in [7, 11) is -3.40. The van der Waals surface area contributed by atoms with Crippen LogP contribution in [0.2, 0.25) is 0 Å². The van der Waals surface area contributed by atoms with Gasteiger partial charge in [-0.15, -0.1) is 11.3 Å². The van der Waals surface area contributed by atoms with Gasteiger partial charge >= 0.3 is 0 Å². The molecular formula is C14H26N2O3S2. The van der Waals surface area contributed by atoms with Crippen LogP contribution in [0.3, 0.4) is 0 Å². The van der Waals surface area contributed by atoms with Crippen molar-refractivity contribution < 1.29 is 13.2 Å². The fourth-order valence-corrected chi connectivity index (χ4v) is 4.25. The topological polar surface area (TPSA) is 67.4 Å². The lowest BCUT2D eigenvalue weighted by atomic mass is 10.3. The Kier molecular flexibility index (Phi) is 8.43. The zero-order valence-corrected chi connectivity index (χ0v) is 14.6. The van der Waals surface area contributed by atoms with Crippen molar-refractivity contribution in [1.82, 2.24) is 10.0 Å². The van der Waals surface area contributed by atoms with E-state index in [-0.39, 0.29) is 6.10 Å². The molecule has 0 aliphatic heterocycles. The van der Waals surface area contributed by atoms with Crippen molar-refractivity contribution in [2.75, 3.05) is 19.7 Å². The summed E-state index contributed by atoms with van der Waals surface area (Å²) in [6, 6.07) is 1.67. The molecule has 0 radical (unpaired) electrons. The summed E-state index contributed by atoms with van der Waals surface area (Å²) < 4.78 is 32.6. The minimum absolute atomic E-state index is 0.223. The molecule has 0 amide bonds. The van der Waals surface area contributed by atoms with Crippen LogP contribution >= 0.6 is 11.3 Å². The first-order valence-corrected chi connectivity index (χ1v) is 9.72. The molecule has 1 rings (SSSR count). The number of ether oxygens (including phenoxy) is 1. The van der Waals surface area contributed by atoms with Gasteiger partial charge in [0.15, 0.2) is 0 Å². The lowest BCUT2D eigenvalue weighted by molar-refractivity contribution is 0.0762. The number of unbranched alkanes of at least 4 members (excludes halogenated alkanes) is 1. The van der Waals surface area contributed by atoms with Crippen LogP contribution in [-0.2, 0) is 21.3 Å². The monoisotopic (exact) mass is 334 g/mol. The van der Waals surface area contributed by atoms with Crippen LogP contribution in [0.1, 0.15) is 38.5 Å². The van der Waals surface area contributed by atoms with Gasteiger partial charge in [-0.3, -0.25) is 0 Å². The highest BCUT2D eigenvalue weighted by molar-refractivity contribution is 7.89. The second kappa shape index (κ2) is 9.53. The van der Waals surface area contributed by atoms with Gasteiger partial charge in [-0.1, -0.05) is 6.92 Å². The van der Waals surface area contributed by atoms with Crippen molar-refractivity contribution in [3.05, 3.63) is 16.3 Å². The molecule has 0 fully saturated rings. The van der Waals surface area contributed by atoms with Gasteiger partial charge in [-0.25, -0.2) is 13.1 Å². The van der Waals surface area contributed by atoms with E-state index in [1.165, 1.54) is 11.3 Å². The molecule has 0 bridgehead atoms. The molecule has 7 heteroatoms. The maximum absolute atomic E-state index is 12.3. The fourth-order valence-electron chi connectivity index (χ4n) is 1.77. The zero-order valence-electron chi connectivity index (χ0n) is 13.0. The van der Waals surface area contributed by atoms with E-state index < -0.39 is 10.0 Å². The maximum atomic E-state index is 12.3. The fraction of sp³-hybridized carbons (Fsp3) is 0.714. The predicted molar refractivity (Wildman–Crippen MR) is 87.2 cm³/mol. The lowest BCUT2D eigenvalue weighted by Crippen LogP contribution is -2.26. The van der Waals surface area contributed by atoms with E-state index in [2.05, 4.69) is 10.0 Å². The van der Waals surface area contributed by atoms with Crippen LogP contribution in [0, 0.1) is 0 Å². The largest absolute Gasteiger partial charge is 0.379 e. The molecule has 1 aromatic heterocycles. The minimum Gasteiger partial charge on any atom is -0.379 e. The molecule has 0 unspecified atom stereocenters. The van der Waals surface area contributed by atoms with E-state index in [9.17, 15) is 8.42 Å². The third-order valence-corrected chi connectivity index (χ3v) is 5.44. The Balaban J connectivity index is 2.41. The van der Waals surface area contributed by atoms with E-state index in [1.807, 2.05) is 26.2 Å². The Morgan fingerprint density at radius 3 is 2.76 bits per heavy atom. The highest BCUT2D eigenvalue weighted by Gasteiger charge is 2.18. The van der Waals surface area contributed by atoms with Crippen molar-refractivity contribution in [1.29, 1.82) is 0 Å². The minimum atomic E-state index is -3.40. The molecule has 0 saturated carbocycles. The van der Waals surface area contributed by atoms with Crippen LogP contribution in [0.4, 0.5) is 0 Å². The van der Waals surface area contributed by atoms with Crippen molar-refractivity contribution in [3.8, 4) is 0 Å². The Bertz CT molecular complexity index is 498. The second-order valence-corrected chi connectivity index (χ2v) is 7.75. The SMILES string of the molecule is CCNCc1sccc1S(=O)(=O)NCCCCOC(C)C. The Morgan fingerprint density at radius 1 is 1.33 bits per heavy atom. The van der Waals surface area contributed by atoms with Crippen LogP contribution in [-0.4, -0.2) is 34.2 Å². The quantitative estimate of drug-likeness (QED) is 0.610. The van der Waals surface area contributed by atoms with Gasteiger partial charge in [-0.05, 0) is 44.7 Å². The molecule has 2 N–H and O–H groups in total. The van der Waals surface area contributed by atoms with E-state index in [4.69, 9.17) is 4.74 Å². The summed E-state index contributed by atoms with van der Waals surface area (Å²) in [5, 5.41) is 4.98. The molecule has 0 spiro atoms. The Hall–Kier alpha value is -0.470. The first-order valence-electron chi connectivity index (χ1n) is 7.35. The van der Waals surface area contributed by atoms with Gasteiger partial charge < -0.3 is 10.1 Å². The average molecular weight is 335 g/mol. The van der Waals surface area contributed by atoms with Gasteiger partial charge in [0.25, 0.3) is 0 Å². The lowest BCUT2D eigenvalue weighted by Gasteiger charge is -2.09. The van der Waals surface area contributed by atoms with E-state index >= 15 is 0 Å². The maximum Gasteiger partial charge on any atom is 0.241 e. The number of rotatable bonds is 11. The molecule has 0 atom stereocenters. The molecule has 0 saturated heterocycles. The molecule has 21 heavy (non-hydrogen) atoms. The number of hydrogen-bond acceptors (Lipinski definition) is 5. The van der Waals surface area contributed by atoms with E-state index in [0.29, 0.717) is 24.6 Å². The molecule has 0 aromatic carbocycles. The van der Waals surface area contributed by atoms with E-state index in [0.717, 1.165) is 24.3 Å². The van der Waals surface area contributed by atoms with Gasteiger partial charge in [0.05, 0.1) is 11.0 Å². The molecule has 1 heterocycles. The number of sulfonamides is 1. The smallest absolute Gasteiger partial charge is 0.241 e. The predicted octanol–water partition coefficient (Wildman–Crippen LogP) is 2.34. The summed E-state index contributed by atoms with van der Waals surface area (Å²) in [4.78, 5) is 1.25. The highest BCUT2D eigenvalue weighted by atomic mass is 32.2. The number of thiophene rings is 1. The second-order valence-electron chi connectivity index (χ2n) is 5.01. The average Bonchev–Trinajstić information content (AvgIpc) is 2.89. The van der Waals surface area contributed by atoms with Crippen LogP contribution in [0.15, 0.2) is 16.3 Å². The normalized spacial score (nSPS) is 12.2. The van der Waals surface area contributed by atoms with Crippen molar-refractivity contribution in [3.63, 3.8) is 0 Å². The van der Waals surface area contributed by atoms with Crippen LogP contribution in [0.25, 0.3) is 0 Å². The standard InChI is InChI=1S/C14H26N2O3S2/c1-4-15-11-13-14(7-10-20-13)21(17,18)16-8-5-6-9-19-12(2)3/h7,10,12,15-16H,4-6,8-9,11H2,1-3H3. The van der Waals surface area contributed by atoms with Gasteiger partial charge in [-0.2, -0.15) is 0 Å². The zero-order chi connectivity index (χ0) is 15.7. The highest BCUT2D eigenvalue weighted by Crippen LogP contribution is 2.21. The summed E-state index contributed by atoms with van der Waals surface area (Å²) >= 11 is 1.47. The third kappa shape index (κ3) is 6.88. The summed E-state index contributed by atoms with van der Waals surface area (Å²) in [6.07, 6.45) is 1.86. The number of nitrogens with one attached hydrogen (secondary N) is 2. The Labute approximate surface area is 132 Å². The van der Waals surface area contributed by atoms with Crippen LogP contribution in [0.5, 0.6) is 0 Å². The first-order chi connectivity index (χ1) is 9.97. The van der Waals surface area contributed by atoms with Crippen molar-refractivity contribution in [2.45, 2.75) is 51.2 Å². The molecule has 1 aromatic rings. The summed E-state index contributed by atoms with van der Waals surface area (Å²) in [5.74, 6) is 0. The first kappa shape index (κ1) is 18.6. The van der Waals surface area contributed by atoms with Crippen molar-refractivity contribution in [2.24, 2.45) is 0 Å². The van der Waals surface area contributed by atoms with Crippen LogP contribution < -0.4 is 10.0 Å². The van der Waals surface area contributed by atoms with Gasteiger partial charge in [0, 0.05) is 24.6 Å². The van der Waals surface area contributed by atoms with Gasteiger partial charge in [0.1, 0.15) is 0 Å². The third-order valence-electron chi connectivity index (χ3n) is 2.84. The number of hydrogen-bond donors (Lipinski definition) is 2. The van der Waals surface area contributed by atoms with E-state index in [1.54, 1.807) is 6.07 Å². The van der Waals surface area contributed by atoms with Crippen molar-refractivity contribution >= 4 is 21.4 Å².